The van der Waals surface area contributed by atoms with E-state index in [1.165, 1.54) is 0 Å². The Morgan fingerprint density at radius 3 is 2.67 bits per heavy atom. The third-order valence-electron chi connectivity index (χ3n) is 1.14. The van der Waals surface area contributed by atoms with Crippen LogP contribution in [-0.2, 0) is 9.47 Å². The summed E-state index contributed by atoms with van der Waals surface area (Å²) in [5.41, 5.74) is 0. The van der Waals surface area contributed by atoms with Gasteiger partial charge in [0.1, 0.15) is 19.0 Å². The number of ether oxygens (including phenoxy) is 2. The van der Waals surface area contributed by atoms with Crippen LogP contribution in [0.25, 0.3) is 0 Å². The standard InChI is InChI=1S/C6H6ClF3O2/c7-5(6(8,9)10)3-11-1-4-2-12-4/h3-4H,1-2H2/b5-3+. The van der Waals surface area contributed by atoms with E-state index in [0.29, 0.717) is 12.9 Å². The first-order valence-electron chi connectivity index (χ1n) is 3.16. The van der Waals surface area contributed by atoms with Crippen LogP contribution in [0.5, 0.6) is 0 Å². The molecule has 0 N–H and O–H groups in total. The van der Waals surface area contributed by atoms with Gasteiger partial charge in [-0.3, -0.25) is 0 Å². The summed E-state index contributed by atoms with van der Waals surface area (Å²) >= 11 is 4.83. The van der Waals surface area contributed by atoms with Crippen molar-refractivity contribution in [2.24, 2.45) is 0 Å². The summed E-state index contributed by atoms with van der Waals surface area (Å²) in [5, 5.41) is -1.26. The highest BCUT2D eigenvalue weighted by molar-refractivity contribution is 6.30. The van der Waals surface area contributed by atoms with Crippen LogP contribution in [-0.4, -0.2) is 25.5 Å². The summed E-state index contributed by atoms with van der Waals surface area (Å²) in [7, 11) is 0. The molecule has 0 amide bonds. The zero-order valence-corrected chi connectivity index (χ0v) is 6.65. The zero-order chi connectivity index (χ0) is 9.19. The average molecular weight is 203 g/mol. The molecule has 70 valence electrons. The maximum atomic E-state index is 11.7. The van der Waals surface area contributed by atoms with Gasteiger partial charge in [-0.05, 0) is 0 Å². The van der Waals surface area contributed by atoms with Crippen molar-refractivity contribution >= 4 is 11.6 Å². The topological polar surface area (TPSA) is 21.8 Å². The second kappa shape index (κ2) is 3.53. The number of hydrogen-bond donors (Lipinski definition) is 0. The minimum absolute atomic E-state index is 0.0704. The summed E-state index contributed by atoms with van der Waals surface area (Å²) in [5.74, 6) is 0. The largest absolute Gasteiger partial charge is 0.497 e. The smallest absolute Gasteiger partial charge is 0.429 e. The minimum Gasteiger partial charge on any atom is -0.497 e. The van der Waals surface area contributed by atoms with Gasteiger partial charge < -0.3 is 9.47 Å². The van der Waals surface area contributed by atoms with Gasteiger partial charge in [0.05, 0.1) is 6.61 Å². The SMILES string of the molecule is FC(F)(F)/C(Cl)=C\OCC1CO1. The average Bonchev–Trinajstić information content (AvgIpc) is 2.69. The predicted molar refractivity (Wildman–Crippen MR) is 35.7 cm³/mol. The Bertz CT molecular complexity index is 186. The zero-order valence-electron chi connectivity index (χ0n) is 5.90. The molecule has 1 fully saturated rings. The van der Waals surface area contributed by atoms with Crippen molar-refractivity contribution in [2.45, 2.75) is 12.3 Å². The number of allylic oxidation sites excluding steroid dienone is 1. The quantitative estimate of drug-likeness (QED) is 0.516. The first kappa shape index (κ1) is 9.67. The molecule has 0 aromatic rings. The highest BCUT2D eigenvalue weighted by Gasteiger charge is 2.33. The Morgan fingerprint density at radius 1 is 1.67 bits per heavy atom. The Kier molecular flexibility index (Phi) is 2.85. The van der Waals surface area contributed by atoms with Crippen LogP contribution in [0.3, 0.4) is 0 Å². The summed E-state index contributed by atoms with van der Waals surface area (Å²) in [4.78, 5) is 0. The van der Waals surface area contributed by atoms with Gasteiger partial charge in [0.15, 0.2) is 5.03 Å². The maximum absolute atomic E-state index is 11.7. The van der Waals surface area contributed by atoms with Crippen LogP contribution in [0, 0.1) is 0 Å². The van der Waals surface area contributed by atoms with E-state index in [9.17, 15) is 13.2 Å². The number of halogens is 4. The van der Waals surface area contributed by atoms with E-state index >= 15 is 0 Å². The lowest BCUT2D eigenvalue weighted by atomic mass is 10.5. The number of rotatable bonds is 3. The van der Waals surface area contributed by atoms with Gasteiger partial charge in [-0.2, -0.15) is 13.2 Å². The molecule has 1 heterocycles. The van der Waals surface area contributed by atoms with Gasteiger partial charge in [0.2, 0.25) is 0 Å². The van der Waals surface area contributed by atoms with E-state index in [-0.39, 0.29) is 12.7 Å². The van der Waals surface area contributed by atoms with E-state index in [2.05, 4.69) is 4.74 Å². The lowest BCUT2D eigenvalue weighted by Crippen LogP contribution is -2.08. The lowest BCUT2D eigenvalue weighted by Gasteiger charge is -2.03. The molecule has 1 saturated heterocycles. The minimum atomic E-state index is -4.52. The molecule has 1 rings (SSSR count). The molecule has 0 spiro atoms. The van der Waals surface area contributed by atoms with E-state index in [1.807, 2.05) is 0 Å². The first-order valence-corrected chi connectivity index (χ1v) is 3.54. The molecule has 0 radical (unpaired) electrons. The second-order valence-electron chi connectivity index (χ2n) is 2.25. The van der Waals surface area contributed by atoms with Crippen molar-refractivity contribution in [3.8, 4) is 0 Å². The van der Waals surface area contributed by atoms with Crippen LogP contribution < -0.4 is 0 Å². The maximum Gasteiger partial charge on any atom is 0.429 e. The molecule has 1 aliphatic rings. The van der Waals surface area contributed by atoms with Crippen LogP contribution in [0.1, 0.15) is 0 Å². The molecule has 1 aliphatic heterocycles. The Morgan fingerprint density at radius 2 is 2.25 bits per heavy atom. The van der Waals surface area contributed by atoms with Gasteiger partial charge in [-0.25, -0.2) is 0 Å². The first-order chi connectivity index (χ1) is 5.50. The normalized spacial score (nSPS) is 24.0. The van der Waals surface area contributed by atoms with Gasteiger partial charge in [-0.1, -0.05) is 11.6 Å². The number of epoxide rings is 1. The summed E-state index contributed by atoms with van der Waals surface area (Å²) in [6.07, 6.45) is -4.10. The highest BCUT2D eigenvalue weighted by Crippen LogP contribution is 2.28. The van der Waals surface area contributed by atoms with Crippen LogP contribution in [0.4, 0.5) is 13.2 Å². The van der Waals surface area contributed by atoms with Crippen LogP contribution >= 0.6 is 11.6 Å². The van der Waals surface area contributed by atoms with Crippen molar-refractivity contribution in [3.63, 3.8) is 0 Å². The molecule has 0 aliphatic carbocycles. The van der Waals surface area contributed by atoms with E-state index in [0.717, 1.165) is 0 Å². The molecule has 12 heavy (non-hydrogen) atoms. The fraction of sp³-hybridized carbons (Fsp3) is 0.667. The van der Waals surface area contributed by atoms with Crippen LogP contribution in [0.15, 0.2) is 11.3 Å². The molecule has 0 bridgehead atoms. The van der Waals surface area contributed by atoms with Gasteiger partial charge in [0, 0.05) is 0 Å². The second-order valence-corrected chi connectivity index (χ2v) is 2.66. The van der Waals surface area contributed by atoms with Crippen molar-refractivity contribution < 1.29 is 22.6 Å². The Hall–Kier alpha value is -0.420. The third-order valence-corrected chi connectivity index (χ3v) is 1.45. The number of hydrogen-bond acceptors (Lipinski definition) is 2. The third kappa shape index (κ3) is 3.32. The molecule has 0 saturated carbocycles. The van der Waals surface area contributed by atoms with E-state index in [1.54, 1.807) is 0 Å². The molecule has 2 nitrogen and oxygen atoms in total. The fourth-order valence-electron chi connectivity index (χ4n) is 0.460. The molecule has 6 heteroatoms. The van der Waals surface area contributed by atoms with Gasteiger partial charge >= 0.3 is 6.18 Å². The van der Waals surface area contributed by atoms with Gasteiger partial charge in [-0.15, -0.1) is 0 Å². The summed E-state index contributed by atoms with van der Waals surface area (Å²) in [6.45, 7) is 0.657. The van der Waals surface area contributed by atoms with E-state index < -0.39 is 11.2 Å². The highest BCUT2D eigenvalue weighted by atomic mass is 35.5. The molecule has 1 atom stereocenters. The predicted octanol–water partition coefficient (Wildman–Crippen LogP) is 2.04. The van der Waals surface area contributed by atoms with E-state index in [4.69, 9.17) is 16.3 Å². The monoisotopic (exact) mass is 202 g/mol. The Balaban J connectivity index is 2.24. The van der Waals surface area contributed by atoms with Crippen LogP contribution in [0.2, 0.25) is 0 Å². The van der Waals surface area contributed by atoms with Gasteiger partial charge in [0.25, 0.3) is 0 Å². The number of alkyl halides is 3. The van der Waals surface area contributed by atoms with Crippen molar-refractivity contribution in [1.82, 2.24) is 0 Å². The lowest BCUT2D eigenvalue weighted by molar-refractivity contribution is -0.0865. The summed E-state index contributed by atoms with van der Waals surface area (Å²) in [6, 6.07) is 0. The molecular weight excluding hydrogens is 197 g/mol. The molecule has 0 aromatic carbocycles. The molecule has 1 unspecified atom stereocenters. The Labute approximate surface area is 71.9 Å². The van der Waals surface area contributed by atoms with Crippen molar-refractivity contribution in [3.05, 3.63) is 11.3 Å². The van der Waals surface area contributed by atoms with Crippen molar-refractivity contribution in [1.29, 1.82) is 0 Å². The molecular formula is C6H6ClF3O2. The molecule has 0 aromatic heterocycles. The van der Waals surface area contributed by atoms with Crippen molar-refractivity contribution in [2.75, 3.05) is 13.2 Å². The summed E-state index contributed by atoms with van der Waals surface area (Å²) < 4.78 is 44.2. The fourth-order valence-corrected chi connectivity index (χ4v) is 0.523.